The van der Waals surface area contributed by atoms with Crippen molar-refractivity contribution in [2.45, 2.75) is 19.8 Å². The number of nitrogens with one attached hydrogen (secondary N) is 1. The van der Waals surface area contributed by atoms with Crippen molar-refractivity contribution in [3.8, 4) is 5.75 Å². The topological polar surface area (TPSA) is 75.6 Å². The highest BCUT2D eigenvalue weighted by atomic mass is 16.5. The molecular formula is C18H19NO4. The van der Waals surface area contributed by atoms with Crippen molar-refractivity contribution in [1.29, 1.82) is 0 Å². The molecule has 0 bridgehead atoms. The van der Waals surface area contributed by atoms with Crippen LogP contribution in [0.3, 0.4) is 0 Å². The monoisotopic (exact) mass is 313 g/mol. The third-order valence-corrected chi connectivity index (χ3v) is 3.48. The minimum Gasteiger partial charge on any atom is -0.497 e. The number of carboxylic acid groups (broad SMARTS) is 1. The van der Waals surface area contributed by atoms with Gasteiger partial charge in [-0.15, -0.1) is 0 Å². The fraction of sp³-hybridized carbons (Fsp3) is 0.222. The van der Waals surface area contributed by atoms with Crippen molar-refractivity contribution in [3.05, 3.63) is 59.2 Å². The van der Waals surface area contributed by atoms with Crippen LogP contribution in [0.2, 0.25) is 0 Å². The summed E-state index contributed by atoms with van der Waals surface area (Å²) in [5, 5.41) is 12.1. The van der Waals surface area contributed by atoms with E-state index in [1.807, 2.05) is 24.3 Å². The van der Waals surface area contributed by atoms with E-state index in [2.05, 4.69) is 5.32 Å². The second-order valence-corrected chi connectivity index (χ2v) is 5.21. The Morgan fingerprint density at radius 2 is 1.91 bits per heavy atom. The lowest BCUT2D eigenvalue weighted by molar-refractivity contribution is -0.114. The molecule has 0 radical (unpaired) electrons. The predicted octanol–water partition coefficient (Wildman–Crippen LogP) is 3.14. The van der Waals surface area contributed by atoms with E-state index in [9.17, 15) is 14.7 Å². The highest BCUT2D eigenvalue weighted by Crippen LogP contribution is 2.20. The third kappa shape index (κ3) is 4.57. The lowest BCUT2D eigenvalue weighted by Gasteiger charge is -2.09. The molecule has 0 unspecified atom stereocenters. The van der Waals surface area contributed by atoms with Crippen molar-refractivity contribution < 1.29 is 19.4 Å². The maximum absolute atomic E-state index is 11.4. The summed E-state index contributed by atoms with van der Waals surface area (Å²) in [6.45, 7) is 1.46. The molecule has 5 heteroatoms. The summed E-state index contributed by atoms with van der Waals surface area (Å²) in [5.41, 5.74) is 2.78. The van der Waals surface area contributed by atoms with Crippen molar-refractivity contribution in [3.63, 3.8) is 0 Å². The second-order valence-electron chi connectivity index (χ2n) is 5.21. The van der Waals surface area contributed by atoms with Gasteiger partial charge in [0.25, 0.3) is 0 Å². The summed E-state index contributed by atoms with van der Waals surface area (Å²) in [7, 11) is 1.51. The minimum atomic E-state index is -0.967. The summed E-state index contributed by atoms with van der Waals surface area (Å²) in [6, 6.07) is 12.6. The Hall–Kier alpha value is -2.82. The number of benzene rings is 2. The Morgan fingerprint density at radius 3 is 2.57 bits per heavy atom. The standard InChI is InChI=1S/C18H19NO4/c1-12(20)19-15-5-3-4-13(10-15)6-7-14-8-9-16(23-2)11-17(14)18(21)22/h3-5,8-11H,6-7H2,1-2H3,(H,19,20)(H,21,22). The number of hydrogen-bond donors (Lipinski definition) is 2. The average molecular weight is 313 g/mol. The number of carbonyl (C=O) groups excluding carboxylic acids is 1. The molecule has 0 saturated carbocycles. The van der Waals surface area contributed by atoms with E-state index >= 15 is 0 Å². The molecule has 0 spiro atoms. The van der Waals surface area contributed by atoms with Gasteiger partial charge in [0.2, 0.25) is 5.91 Å². The summed E-state index contributed by atoms with van der Waals surface area (Å²) in [4.78, 5) is 22.5. The Balaban J connectivity index is 2.14. The van der Waals surface area contributed by atoms with Gasteiger partial charge in [0.1, 0.15) is 5.75 Å². The SMILES string of the molecule is COc1ccc(CCc2cccc(NC(C)=O)c2)c(C(=O)O)c1. The van der Waals surface area contributed by atoms with Crippen molar-refractivity contribution in [1.82, 2.24) is 0 Å². The molecule has 0 aliphatic rings. The number of anilines is 1. The van der Waals surface area contributed by atoms with Crippen LogP contribution in [-0.4, -0.2) is 24.1 Å². The number of hydrogen-bond acceptors (Lipinski definition) is 3. The molecule has 0 fully saturated rings. The summed E-state index contributed by atoms with van der Waals surface area (Å²) in [5.74, 6) is -0.560. The van der Waals surface area contributed by atoms with Gasteiger partial charge in [-0.3, -0.25) is 4.79 Å². The van der Waals surface area contributed by atoms with Crippen LogP contribution in [0.15, 0.2) is 42.5 Å². The van der Waals surface area contributed by atoms with Crippen LogP contribution < -0.4 is 10.1 Å². The molecule has 120 valence electrons. The van der Waals surface area contributed by atoms with Gasteiger partial charge in [-0.25, -0.2) is 4.79 Å². The quantitative estimate of drug-likeness (QED) is 0.859. The molecule has 23 heavy (non-hydrogen) atoms. The normalized spacial score (nSPS) is 10.2. The van der Waals surface area contributed by atoms with E-state index < -0.39 is 5.97 Å². The molecule has 0 aromatic heterocycles. The molecule has 0 aliphatic heterocycles. The second kappa shape index (κ2) is 7.45. The number of aromatic carboxylic acids is 1. The number of aryl methyl sites for hydroxylation is 2. The first-order valence-corrected chi connectivity index (χ1v) is 7.26. The van der Waals surface area contributed by atoms with Crippen LogP contribution >= 0.6 is 0 Å². The zero-order chi connectivity index (χ0) is 16.8. The Labute approximate surface area is 134 Å². The van der Waals surface area contributed by atoms with Crippen molar-refractivity contribution in [2.24, 2.45) is 0 Å². The number of amides is 1. The van der Waals surface area contributed by atoms with E-state index in [1.165, 1.54) is 20.1 Å². The van der Waals surface area contributed by atoms with Crippen molar-refractivity contribution in [2.75, 3.05) is 12.4 Å². The van der Waals surface area contributed by atoms with Gasteiger partial charge in [0.15, 0.2) is 0 Å². The molecule has 2 aromatic carbocycles. The fourth-order valence-electron chi connectivity index (χ4n) is 2.39. The first-order chi connectivity index (χ1) is 11.0. The van der Waals surface area contributed by atoms with Gasteiger partial charge in [0.05, 0.1) is 12.7 Å². The van der Waals surface area contributed by atoms with E-state index in [0.29, 0.717) is 18.6 Å². The molecular weight excluding hydrogens is 294 g/mol. The molecule has 2 rings (SSSR count). The zero-order valence-corrected chi connectivity index (χ0v) is 13.1. The fourth-order valence-corrected chi connectivity index (χ4v) is 2.39. The highest BCUT2D eigenvalue weighted by molar-refractivity contribution is 5.90. The van der Waals surface area contributed by atoms with Gasteiger partial charge in [-0.2, -0.15) is 0 Å². The lowest BCUT2D eigenvalue weighted by atomic mass is 9.99. The Morgan fingerprint density at radius 1 is 1.13 bits per heavy atom. The minimum absolute atomic E-state index is 0.120. The van der Waals surface area contributed by atoms with Crippen LogP contribution in [0, 0.1) is 0 Å². The van der Waals surface area contributed by atoms with Gasteiger partial charge < -0.3 is 15.2 Å². The van der Waals surface area contributed by atoms with Crippen LogP contribution in [0.1, 0.15) is 28.4 Å². The maximum Gasteiger partial charge on any atom is 0.336 e. The first kappa shape index (κ1) is 16.5. The third-order valence-electron chi connectivity index (χ3n) is 3.48. The molecule has 0 saturated heterocycles. The number of rotatable bonds is 6. The van der Waals surface area contributed by atoms with E-state index in [4.69, 9.17) is 4.74 Å². The highest BCUT2D eigenvalue weighted by Gasteiger charge is 2.11. The van der Waals surface area contributed by atoms with Crippen LogP contribution in [0.5, 0.6) is 5.75 Å². The predicted molar refractivity (Wildman–Crippen MR) is 88.1 cm³/mol. The molecule has 0 heterocycles. The number of carbonyl (C=O) groups is 2. The molecule has 1 amide bonds. The molecule has 2 aromatic rings. The molecule has 0 aliphatic carbocycles. The molecule has 5 nitrogen and oxygen atoms in total. The van der Waals surface area contributed by atoms with Crippen molar-refractivity contribution >= 4 is 17.6 Å². The summed E-state index contributed by atoms with van der Waals surface area (Å²) in [6.07, 6.45) is 1.27. The lowest BCUT2D eigenvalue weighted by Crippen LogP contribution is -2.06. The van der Waals surface area contributed by atoms with Gasteiger partial charge >= 0.3 is 5.97 Å². The Bertz CT molecular complexity index is 725. The number of ether oxygens (including phenoxy) is 1. The van der Waals surface area contributed by atoms with Gasteiger partial charge in [-0.1, -0.05) is 18.2 Å². The van der Waals surface area contributed by atoms with Crippen LogP contribution in [0.4, 0.5) is 5.69 Å². The Kier molecular flexibility index (Phi) is 5.36. The summed E-state index contributed by atoms with van der Waals surface area (Å²) < 4.78 is 5.07. The van der Waals surface area contributed by atoms with Crippen LogP contribution in [0.25, 0.3) is 0 Å². The number of carboxylic acids is 1. The maximum atomic E-state index is 11.4. The average Bonchev–Trinajstić information content (AvgIpc) is 2.52. The van der Waals surface area contributed by atoms with E-state index in [0.717, 1.165) is 16.8 Å². The molecule has 0 atom stereocenters. The van der Waals surface area contributed by atoms with Gasteiger partial charge in [0, 0.05) is 12.6 Å². The molecule has 2 N–H and O–H groups in total. The van der Waals surface area contributed by atoms with Gasteiger partial charge in [-0.05, 0) is 48.2 Å². The largest absolute Gasteiger partial charge is 0.497 e. The van der Waals surface area contributed by atoms with E-state index in [1.54, 1.807) is 12.1 Å². The zero-order valence-electron chi connectivity index (χ0n) is 13.1. The van der Waals surface area contributed by atoms with E-state index in [-0.39, 0.29) is 11.5 Å². The first-order valence-electron chi connectivity index (χ1n) is 7.26. The van der Waals surface area contributed by atoms with Crippen LogP contribution in [-0.2, 0) is 17.6 Å². The number of methoxy groups -OCH3 is 1. The smallest absolute Gasteiger partial charge is 0.336 e. The summed E-state index contributed by atoms with van der Waals surface area (Å²) >= 11 is 0.